The summed E-state index contributed by atoms with van der Waals surface area (Å²) in [6.45, 7) is 4.86. The van der Waals surface area contributed by atoms with Crippen LogP contribution in [0.25, 0.3) is 0 Å². The number of urea groups is 1. The van der Waals surface area contributed by atoms with E-state index in [0.29, 0.717) is 30.8 Å². The first-order valence-electron chi connectivity index (χ1n) is 7.36. The van der Waals surface area contributed by atoms with Gasteiger partial charge in [0.1, 0.15) is 0 Å². The summed E-state index contributed by atoms with van der Waals surface area (Å²) in [5.41, 5.74) is 1.28. The van der Waals surface area contributed by atoms with E-state index in [9.17, 15) is 9.59 Å². The van der Waals surface area contributed by atoms with Gasteiger partial charge in [0.05, 0.1) is 0 Å². The molecule has 0 bridgehead atoms. The van der Waals surface area contributed by atoms with Crippen molar-refractivity contribution < 1.29 is 14.7 Å². The van der Waals surface area contributed by atoms with E-state index >= 15 is 0 Å². The van der Waals surface area contributed by atoms with Crippen molar-refractivity contribution in [2.24, 2.45) is 0 Å². The zero-order chi connectivity index (χ0) is 15.7. The highest BCUT2D eigenvalue weighted by molar-refractivity contribution is 5.95. The van der Waals surface area contributed by atoms with Gasteiger partial charge in [-0.1, -0.05) is 13.3 Å². The Labute approximate surface area is 126 Å². The minimum atomic E-state index is -0.174. The third-order valence-electron chi connectivity index (χ3n) is 3.20. The van der Waals surface area contributed by atoms with Crippen LogP contribution in [0, 0.1) is 0 Å². The van der Waals surface area contributed by atoms with E-state index in [2.05, 4.69) is 12.2 Å². The molecule has 0 radical (unpaired) electrons. The standard InChI is InChI=1S/C16H24N2O3/c1-3-4-10-18(11-5-12-19)16(21)17-15-8-6-14(7-9-15)13(2)20/h6-9,19H,3-5,10-12H2,1-2H3,(H,17,21). The molecular formula is C16H24N2O3. The molecule has 21 heavy (non-hydrogen) atoms. The maximum atomic E-state index is 12.2. The van der Waals surface area contributed by atoms with Gasteiger partial charge >= 0.3 is 6.03 Å². The molecule has 0 aliphatic carbocycles. The number of nitrogens with zero attached hydrogens (tertiary/aromatic N) is 1. The molecule has 1 aromatic carbocycles. The molecule has 0 saturated heterocycles. The summed E-state index contributed by atoms with van der Waals surface area (Å²) in [6, 6.07) is 6.66. The molecule has 116 valence electrons. The number of aliphatic hydroxyl groups is 1. The van der Waals surface area contributed by atoms with Crippen LogP contribution in [-0.2, 0) is 0 Å². The van der Waals surface area contributed by atoms with Crippen LogP contribution < -0.4 is 5.32 Å². The fourth-order valence-electron chi connectivity index (χ4n) is 1.92. The summed E-state index contributed by atoms with van der Waals surface area (Å²) in [4.78, 5) is 25.1. The Kier molecular flexibility index (Phi) is 7.46. The molecule has 1 rings (SSSR count). The second-order valence-corrected chi connectivity index (χ2v) is 4.98. The molecule has 0 unspecified atom stereocenters. The average molecular weight is 292 g/mol. The molecule has 2 N–H and O–H groups in total. The highest BCUT2D eigenvalue weighted by Gasteiger charge is 2.12. The van der Waals surface area contributed by atoms with E-state index in [1.165, 1.54) is 6.92 Å². The number of rotatable bonds is 8. The third-order valence-corrected chi connectivity index (χ3v) is 3.20. The van der Waals surface area contributed by atoms with Crippen molar-refractivity contribution in [3.8, 4) is 0 Å². The number of Topliss-reactive ketones (excluding diaryl/α,β-unsaturated/α-hetero) is 1. The Bertz CT molecular complexity index is 449. The molecule has 0 fully saturated rings. The van der Waals surface area contributed by atoms with Crippen molar-refractivity contribution in [3.63, 3.8) is 0 Å². The van der Waals surface area contributed by atoms with Crippen LogP contribution in [0.2, 0.25) is 0 Å². The van der Waals surface area contributed by atoms with Crippen molar-refractivity contribution in [2.45, 2.75) is 33.1 Å². The van der Waals surface area contributed by atoms with E-state index < -0.39 is 0 Å². The van der Waals surface area contributed by atoms with Crippen LogP contribution in [0.5, 0.6) is 0 Å². The predicted octanol–water partition coefficient (Wildman–Crippen LogP) is 2.91. The summed E-state index contributed by atoms with van der Waals surface area (Å²) in [6.07, 6.45) is 2.51. The molecule has 0 aliphatic heterocycles. The van der Waals surface area contributed by atoms with E-state index in [1.807, 2.05) is 0 Å². The molecule has 0 spiro atoms. The lowest BCUT2D eigenvalue weighted by molar-refractivity contribution is 0.101. The number of carbonyl (C=O) groups excluding carboxylic acids is 2. The lowest BCUT2D eigenvalue weighted by Crippen LogP contribution is -2.36. The van der Waals surface area contributed by atoms with Crippen LogP contribution in [0.1, 0.15) is 43.5 Å². The summed E-state index contributed by atoms with van der Waals surface area (Å²) in [5.74, 6) is 0.000365. The van der Waals surface area contributed by atoms with E-state index in [4.69, 9.17) is 5.11 Å². The van der Waals surface area contributed by atoms with Crippen LogP contribution in [-0.4, -0.2) is 41.5 Å². The number of carbonyl (C=O) groups is 2. The fourth-order valence-corrected chi connectivity index (χ4v) is 1.92. The van der Waals surface area contributed by atoms with Gasteiger partial charge in [-0.15, -0.1) is 0 Å². The molecule has 0 atom stereocenters. The average Bonchev–Trinajstić information content (AvgIpc) is 2.47. The molecule has 5 heteroatoms. The first-order valence-corrected chi connectivity index (χ1v) is 7.36. The quantitative estimate of drug-likeness (QED) is 0.724. The number of hydrogen-bond acceptors (Lipinski definition) is 3. The first kappa shape index (κ1) is 17.2. The molecule has 2 amide bonds. The minimum Gasteiger partial charge on any atom is -0.396 e. The summed E-state index contributed by atoms with van der Waals surface area (Å²) < 4.78 is 0. The zero-order valence-electron chi connectivity index (χ0n) is 12.8. The second-order valence-electron chi connectivity index (χ2n) is 4.98. The third kappa shape index (κ3) is 5.95. The number of anilines is 1. The van der Waals surface area contributed by atoms with E-state index in [0.717, 1.165) is 12.8 Å². The maximum absolute atomic E-state index is 12.2. The molecule has 0 heterocycles. The SMILES string of the molecule is CCCCN(CCCO)C(=O)Nc1ccc(C(C)=O)cc1. The van der Waals surface area contributed by atoms with Crippen LogP contribution in [0.3, 0.4) is 0 Å². The number of nitrogens with one attached hydrogen (secondary N) is 1. The Hall–Kier alpha value is -1.88. The van der Waals surface area contributed by atoms with E-state index in [-0.39, 0.29) is 18.4 Å². The van der Waals surface area contributed by atoms with Crippen molar-refractivity contribution in [1.29, 1.82) is 0 Å². The number of amides is 2. The molecule has 1 aromatic rings. The highest BCUT2D eigenvalue weighted by Crippen LogP contribution is 2.11. The van der Waals surface area contributed by atoms with Crippen molar-refractivity contribution >= 4 is 17.5 Å². The molecule has 0 saturated carbocycles. The van der Waals surface area contributed by atoms with Gasteiger partial charge in [0.15, 0.2) is 5.78 Å². The lowest BCUT2D eigenvalue weighted by atomic mass is 10.1. The summed E-state index contributed by atoms with van der Waals surface area (Å²) in [5, 5.41) is 11.7. The van der Waals surface area contributed by atoms with E-state index in [1.54, 1.807) is 29.2 Å². The summed E-state index contributed by atoms with van der Waals surface area (Å²) in [7, 11) is 0. The van der Waals surface area contributed by atoms with Crippen LogP contribution in [0.4, 0.5) is 10.5 Å². The smallest absolute Gasteiger partial charge is 0.321 e. The molecule has 0 aliphatic rings. The predicted molar refractivity (Wildman–Crippen MR) is 83.6 cm³/mol. The van der Waals surface area contributed by atoms with Gasteiger partial charge in [-0.25, -0.2) is 4.79 Å². The molecular weight excluding hydrogens is 268 g/mol. The second kappa shape index (κ2) is 9.13. The lowest BCUT2D eigenvalue weighted by Gasteiger charge is -2.22. The number of aliphatic hydroxyl groups excluding tert-OH is 1. The Morgan fingerprint density at radius 2 is 1.76 bits per heavy atom. The fraction of sp³-hybridized carbons (Fsp3) is 0.500. The van der Waals surface area contributed by atoms with Crippen molar-refractivity contribution in [1.82, 2.24) is 4.90 Å². The van der Waals surface area contributed by atoms with Crippen LogP contribution >= 0.6 is 0 Å². The minimum absolute atomic E-state index is 0.000365. The number of ketones is 1. The normalized spacial score (nSPS) is 10.2. The largest absolute Gasteiger partial charge is 0.396 e. The van der Waals surface area contributed by atoms with Gasteiger partial charge in [-0.3, -0.25) is 4.79 Å². The molecule has 5 nitrogen and oxygen atoms in total. The Morgan fingerprint density at radius 3 is 2.29 bits per heavy atom. The first-order chi connectivity index (χ1) is 10.1. The van der Waals surface area contributed by atoms with Crippen LogP contribution in [0.15, 0.2) is 24.3 Å². The Morgan fingerprint density at radius 1 is 1.14 bits per heavy atom. The number of benzene rings is 1. The van der Waals surface area contributed by atoms with Gasteiger partial charge < -0.3 is 15.3 Å². The highest BCUT2D eigenvalue weighted by atomic mass is 16.3. The monoisotopic (exact) mass is 292 g/mol. The zero-order valence-corrected chi connectivity index (χ0v) is 12.8. The maximum Gasteiger partial charge on any atom is 0.321 e. The van der Waals surface area contributed by atoms with Gasteiger partial charge in [0.25, 0.3) is 0 Å². The van der Waals surface area contributed by atoms with Crippen molar-refractivity contribution in [3.05, 3.63) is 29.8 Å². The van der Waals surface area contributed by atoms with Crippen molar-refractivity contribution in [2.75, 3.05) is 25.0 Å². The topological polar surface area (TPSA) is 69.6 Å². The summed E-state index contributed by atoms with van der Waals surface area (Å²) >= 11 is 0. The van der Waals surface area contributed by atoms with Gasteiger partial charge in [0, 0.05) is 30.9 Å². The molecule has 0 aromatic heterocycles. The van der Waals surface area contributed by atoms with Gasteiger partial charge in [-0.05, 0) is 44.0 Å². The Balaban J connectivity index is 2.64. The number of unbranched alkanes of at least 4 members (excludes halogenated alkanes) is 1. The van der Waals surface area contributed by atoms with Gasteiger partial charge in [0.2, 0.25) is 0 Å². The number of hydrogen-bond donors (Lipinski definition) is 2. The van der Waals surface area contributed by atoms with Gasteiger partial charge in [-0.2, -0.15) is 0 Å².